The summed E-state index contributed by atoms with van der Waals surface area (Å²) in [6, 6.07) is 6.97. The summed E-state index contributed by atoms with van der Waals surface area (Å²) in [5, 5.41) is 9.68. The van der Waals surface area contributed by atoms with Gasteiger partial charge in [-0.15, -0.1) is 6.42 Å². The maximum absolute atomic E-state index is 11.9. The Kier molecular flexibility index (Phi) is 5.57. The van der Waals surface area contributed by atoms with Gasteiger partial charge in [0, 0.05) is 24.1 Å². The zero-order valence-corrected chi connectivity index (χ0v) is 10.9. The predicted octanol–water partition coefficient (Wildman–Crippen LogP) is 1.55. The number of aliphatic hydroxyl groups is 1. The third-order valence-electron chi connectivity index (χ3n) is 2.65. The fraction of sp³-hybridized carbons (Fsp3) is 0.400. The molecule has 0 aromatic heterocycles. The van der Waals surface area contributed by atoms with Crippen LogP contribution in [0, 0.1) is 12.3 Å². The Morgan fingerprint density at radius 3 is 2.50 bits per heavy atom. The third-order valence-corrected chi connectivity index (χ3v) is 2.65. The van der Waals surface area contributed by atoms with Gasteiger partial charge in [-0.1, -0.05) is 18.1 Å². The number of Topliss-reactive ketones (excluding diaryl/α,β-unsaturated/α-hetero) is 1. The molecule has 0 heterocycles. The Balaban J connectivity index is 2.47. The van der Waals surface area contributed by atoms with E-state index < -0.39 is 6.10 Å². The van der Waals surface area contributed by atoms with E-state index in [2.05, 4.69) is 5.92 Å². The van der Waals surface area contributed by atoms with E-state index in [1.807, 2.05) is 19.0 Å². The molecule has 1 aromatic carbocycles. The summed E-state index contributed by atoms with van der Waals surface area (Å²) in [7, 11) is 3.78. The van der Waals surface area contributed by atoms with Crippen LogP contribution < -0.4 is 0 Å². The molecule has 1 rings (SSSR count). The second-order valence-corrected chi connectivity index (χ2v) is 4.60. The van der Waals surface area contributed by atoms with Crippen LogP contribution in [0.25, 0.3) is 0 Å². The van der Waals surface area contributed by atoms with Gasteiger partial charge < -0.3 is 10.0 Å². The van der Waals surface area contributed by atoms with Crippen molar-refractivity contribution in [1.82, 2.24) is 4.90 Å². The Morgan fingerprint density at radius 1 is 1.39 bits per heavy atom. The molecule has 0 radical (unpaired) electrons. The topological polar surface area (TPSA) is 40.5 Å². The van der Waals surface area contributed by atoms with Crippen molar-refractivity contribution in [1.29, 1.82) is 0 Å². The molecule has 96 valence electrons. The lowest BCUT2D eigenvalue weighted by molar-refractivity contribution is 0.0909. The van der Waals surface area contributed by atoms with Crippen molar-refractivity contribution in [3.63, 3.8) is 0 Å². The van der Waals surface area contributed by atoms with Gasteiger partial charge in [-0.05, 0) is 32.6 Å². The van der Waals surface area contributed by atoms with Gasteiger partial charge >= 0.3 is 0 Å². The van der Waals surface area contributed by atoms with E-state index in [4.69, 9.17) is 6.42 Å². The fourth-order valence-corrected chi connectivity index (χ4v) is 1.71. The summed E-state index contributed by atoms with van der Waals surface area (Å²) in [6.45, 7) is 0.573. The summed E-state index contributed by atoms with van der Waals surface area (Å²) in [4.78, 5) is 13.8. The number of likely N-dealkylation sites (N-methyl/N-ethyl adjacent to an activating group) is 1. The molecule has 1 aromatic rings. The molecular formula is C15H19NO2. The van der Waals surface area contributed by atoms with Crippen LogP contribution in [0.5, 0.6) is 0 Å². The van der Waals surface area contributed by atoms with Gasteiger partial charge in [0.05, 0.1) is 6.10 Å². The quantitative estimate of drug-likeness (QED) is 0.610. The molecule has 0 aliphatic rings. The predicted molar refractivity (Wildman–Crippen MR) is 72.5 cm³/mol. The number of ketones is 1. The Labute approximate surface area is 108 Å². The molecule has 0 fully saturated rings. The number of carbonyl (C=O) groups excluding carboxylic acids is 1. The number of hydrogen-bond acceptors (Lipinski definition) is 3. The second-order valence-electron chi connectivity index (χ2n) is 4.60. The molecule has 1 atom stereocenters. The van der Waals surface area contributed by atoms with Crippen molar-refractivity contribution in [2.45, 2.75) is 18.9 Å². The summed E-state index contributed by atoms with van der Waals surface area (Å²) in [5.74, 6) is 2.55. The highest BCUT2D eigenvalue weighted by Gasteiger charge is 2.10. The highest BCUT2D eigenvalue weighted by molar-refractivity contribution is 5.96. The number of carbonyl (C=O) groups is 1. The smallest absolute Gasteiger partial charge is 0.162 e. The van der Waals surface area contributed by atoms with Crippen molar-refractivity contribution in [2.24, 2.45) is 0 Å². The van der Waals surface area contributed by atoms with E-state index in [0.717, 1.165) is 5.56 Å². The van der Waals surface area contributed by atoms with E-state index in [-0.39, 0.29) is 5.78 Å². The molecular weight excluding hydrogens is 226 g/mol. The minimum Gasteiger partial charge on any atom is -0.392 e. The zero-order valence-electron chi connectivity index (χ0n) is 10.9. The molecule has 0 amide bonds. The maximum Gasteiger partial charge on any atom is 0.162 e. The number of hydrogen-bond donors (Lipinski definition) is 1. The molecule has 0 saturated heterocycles. The monoisotopic (exact) mass is 245 g/mol. The SMILES string of the molecule is C#Cc1ccc(C(=O)CCC(O)CN(C)C)cc1. The number of nitrogens with zero attached hydrogens (tertiary/aromatic N) is 1. The highest BCUT2D eigenvalue weighted by atomic mass is 16.3. The van der Waals surface area contributed by atoms with Crippen molar-refractivity contribution in [3.05, 3.63) is 35.4 Å². The van der Waals surface area contributed by atoms with Gasteiger partial charge in [0.25, 0.3) is 0 Å². The van der Waals surface area contributed by atoms with Crippen LogP contribution in [-0.2, 0) is 0 Å². The largest absolute Gasteiger partial charge is 0.392 e. The van der Waals surface area contributed by atoms with Crippen molar-refractivity contribution in [3.8, 4) is 12.3 Å². The van der Waals surface area contributed by atoms with Crippen molar-refractivity contribution in [2.75, 3.05) is 20.6 Å². The number of benzene rings is 1. The second kappa shape index (κ2) is 6.95. The molecule has 1 unspecified atom stereocenters. The first-order valence-electron chi connectivity index (χ1n) is 5.95. The Morgan fingerprint density at radius 2 is 2.00 bits per heavy atom. The van der Waals surface area contributed by atoms with Crippen molar-refractivity contribution < 1.29 is 9.90 Å². The number of rotatable bonds is 6. The zero-order chi connectivity index (χ0) is 13.5. The summed E-state index contributed by atoms with van der Waals surface area (Å²) in [6.07, 6.45) is 5.62. The number of terminal acetylenes is 1. The first kappa shape index (κ1) is 14.4. The minimum atomic E-state index is -0.464. The maximum atomic E-state index is 11.9. The van der Waals surface area contributed by atoms with Gasteiger partial charge in [-0.3, -0.25) is 4.79 Å². The van der Waals surface area contributed by atoms with Crippen LogP contribution in [0.2, 0.25) is 0 Å². The normalized spacial score (nSPS) is 12.2. The standard InChI is InChI=1S/C15H19NO2/c1-4-12-5-7-13(8-6-12)15(18)10-9-14(17)11-16(2)3/h1,5-8,14,17H,9-11H2,2-3H3. The van der Waals surface area contributed by atoms with Gasteiger partial charge in [0.15, 0.2) is 5.78 Å². The lowest BCUT2D eigenvalue weighted by Crippen LogP contribution is -2.26. The van der Waals surface area contributed by atoms with Crippen LogP contribution >= 0.6 is 0 Å². The molecule has 0 aliphatic carbocycles. The van der Waals surface area contributed by atoms with Gasteiger partial charge in [0.1, 0.15) is 0 Å². The van der Waals surface area contributed by atoms with E-state index >= 15 is 0 Å². The Bertz CT molecular complexity index is 429. The summed E-state index contributed by atoms with van der Waals surface area (Å²) in [5.41, 5.74) is 1.41. The highest BCUT2D eigenvalue weighted by Crippen LogP contribution is 2.09. The molecule has 0 spiro atoms. The van der Waals surface area contributed by atoms with Crippen LogP contribution in [0.1, 0.15) is 28.8 Å². The minimum absolute atomic E-state index is 0.0383. The summed E-state index contributed by atoms with van der Waals surface area (Å²) >= 11 is 0. The van der Waals surface area contributed by atoms with Gasteiger partial charge in [0.2, 0.25) is 0 Å². The van der Waals surface area contributed by atoms with E-state index in [0.29, 0.717) is 24.9 Å². The average molecular weight is 245 g/mol. The van der Waals surface area contributed by atoms with Crippen LogP contribution in [-0.4, -0.2) is 42.5 Å². The molecule has 1 N–H and O–H groups in total. The molecule has 0 aliphatic heterocycles. The first-order chi connectivity index (χ1) is 8.52. The Hall–Kier alpha value is -1.63. The molecule has 3 nitrogen and oxygen atoms in total. The molecule has 0 saturated carbocycles. The fourth-order valence-electron chi connectivity index (χ4n) is 1.71. The van der Waals surface area contributed by atoms with Gasteiger partial charge in [-0.25, -0.2) is 0 Å². The van der Waals surface area contributed by atoms with Crippen molar-refractivity contribution >= 4 is 5.78 Å². The van der Waals surface area contributed by atoms with E-state index in [1.54, 1.807) is 24.3 Å². The van der Waals surface area contributed by atoms with Crippen LogP contribution in [0.4, 0.5) is 0 Å². The lowest BCUT2D eigenvalue weighted by Gasteiger charge is -2.15. The molecule has 0 bridgehead atoms. The van der Waals surface area contributed by atoms with Crippen LogP contribution in [0.15, 0.2) is 24.3 Å². The van der Waals surface area contributed by atoms with Gasteiger partial charge in [-0.2, -0.15) is 0 Å². The van der Waals surface area contributed by atoms with Crippen LogP contribution in [0.3, 0.4) is 0 Å². The molecule has 18 heavy (non-hydrogen) atoms. The van der Waals surface area contributed by atoms with E-state index in [9.17, 15) is 9.90 Å². The average Bonchev–Trinajstić information content (AvgIpc) is 2.35. The lowest BCUT2D eigenvalue weighted by atomic mass is 10.0. The molecule has 3 heteroatoms. The first-order valence-corrected chi connectivity index (χ1v) is 5.95. The van der Waals surface area contributed by atoms with E-state index in [1.165, 1.54) is 0 Å². The summed E-state index contributed by atoms with van der Waals surface area (Å²) < 4.78 is 0. The number of aliphatic hydroxyl groups excluding tert-OH is 1. The third kappa shape index (κ3) is 4.70.